The Bertz CT molecular complexity index is 2490. The summed E-state index contributed by atoms with van der Waals surface area (Å²) in [5.74, 6) is 0. The third-order valence-corrected chi connectivity index (χ3v) is 9.81. The molecular weight excluding hydrogens is 553 g/mol. The quantitative estimate of drug-likeness (QED) is 0.193. The summed E-state index contributed by atoms with van der Waals surface area (Å²) in [7, 11) is 0. The molecule has 3 heteroatoms. The third-order valence-electron chi connectivity index (χ3n) is 8.68. The maximum Gasteiger partial charge on any atom is 0.0888 e. The van der Waals surface area contributed by atoms with E-state index in [9.17, 15) is 0 Å². The van der Waals surface area contributed by atoms with Gasteiger partial charge in [-0.3, -0.25) is 4.98 Å². The van der Waals surface area contributed by atoms with E-state index in [1.807, 2.05) is 12.3 Å². The van der Waals surface area contributed by atoms with E-state index >= 15 is 0 Å². The van der Waals surface area contributed by atoms with E-state index in [1.54, 1.807) is 11.3 Å². The van der Waals surface area contributed by atoms with E-state index in [-0.39, 0.29) is 0 Å². The van der Waals surface area contributed by atoms with Crippen molar-refractivity contribution in [1.29, 1.82) is 0 Å². The molecule has 0 radical (unpaired) electrons. The molecule has 2 aromatic heterocycles. The lowest BCUT2D eigenvalue weighted by Crippen LogP contribution is -2.10. The Labute approximate surface area is 259 Å². The van der Waals surface area contributed by atoms with E-state index in [4.69, 9.17) is 0 Å². The molecule has 9 aromatic rings. The summed E-state index contributed by atoms with van der Waals surface area (Å²) >= 11 is 1.80. The number of fused-ring (bicyclic) bond motifs is 8. The van der Waals surface area contributed by atoms with E-state index < -0.39 is 0 Å². The van der Waals surface area contributed by atoms with Gasteiger partial charge in [-0.25, -0.2) is 0 Å². The zero-order chi connectivity index (χ0) is 29.0. The van der Waals surface area contributed by atoms with Gasteiger partial charge in [-0.05, 0) is 92.7 Å². The Morgan fingerprint density at radius 2 is 1.14 bits per heavy atom. The van der Waals surface area contributed by atoms with E-state index in [1.165, 1.54) is 63.9 Å². The topological polar surface area (TPSA) is 16.1 Å². The normalized spacial score (nSPS) is 11.6. The molecule has 0 aliphatic heterocycles. The van der Waals surface area contributed by atoms with E-state index in [0.29, 0.717) is 0 Å². The fourth-order valence-corrected chi connectivity index (χ4v) is 7.66. The number of hydrogen-bond donors (Lipinski definition) is 0. The molecule has 0 unspecified atom stereocenters. The van der Waals surface area contributed by atoms with Crippen LogP contribution in [0.5, 0.6) is 0 Å². The number of para-hydroxylation sites is 1. The highest BCUT2D eigenvalue weighted by Crippen LogP contribution is 2.44. The first-order chi connectivity index (χ1) is 21.8. The zero-order valence-corrected chi connectivity index (χ0v) is 24.6. The number of benzene rings is 7. The molecule has 0 bridgehead atoms. The first-order valence-electron chi connectivity index (χ1n) is 14.9. The van der Waals surface area contributed by atoms with Gasteiger partial charge in [-0.2, -0.15) is 0 Å². The predicted octanol–water partition coefficient (Wildman–Crippen LogP) is 12.0. The van der Waals surface area contributed by atoms with Gasteiger partial charge in [0.15, 0.2) is 0 Å². The number of thiophene rings is 1. The molecule has 44 heavy (non-hydrogen) atoms. The highest BCUT2D eigenvalue weighted by atomic mass is 32.1. The molecule has 0 fully saturated rings. The van der Waals surface area contributed by atoms with Gasteiger partial charge in [0.25, 0.3) is 0 Å². The van der Waals surface area contributed by atoms with Crippen molar-refractivity contribution < 1.29 is 0 Å². The monoisotopic (exact) mass is 578 g/mol. The molecule has 0 atom stereocenters. The first-order valence-corrected chi connectivity index (χ1v) is 15.7. The van der Waals surface area contributed by atoms with Gasteiger partial charge < -0.3 is 4.90 Å². The van der Waals surface area contributed by atoms with E-state index in [2.05, 4.69) is 155 Å². The maximum atomic E-state index is 4.68. The summed E-state index contributed by atoms with van der Waals surface area (Å²) in [4.78, 5) is 7.07. The Morgan fingerprint density at radius 1 is 0.432 bits per heavy atom. The minimum absolute atomic E-state index is 1.08. The molecule has 0 saturated carbocycles. The summed E-state index contributed by atoms with van der Waals surface area (Å²) in [5.41, 5.74) is 6.88. The second kappa shape index (κ2) is 10.0. The summed E-state index contributed by atoms with van der Waals surface area (Å²) in [6.07, 6.45) is 1.88. The van der Waals surface area contributed by atoms with Crippen LogP contribution in [0, 0.1) is 0 Å². The SMILES string of the molecule is c1ccc(N(c2ccc(-c3ccc4sc5cccnc5c4c3)cc2)c2cc3c4ccccc4ccc3c3ccccc23)cc1. The van der Waals surface area contributed by atoms with Gasteiger partial charge in [-0.15, -0.1) is 11.3 Å². The standard InChI is InChI=1S/C41H26N2S/c1-2-10-30(11-3-1)43(38-26-36-32-12-5-4-9-28(32)18-22-34(36)33-13-6-7-14-35(33)38)31-20-16-27(17-21-31)29-19-23-39-37(25-29)41-40(44-39)15-8-24-42-41/h1-26H. The Hall–Kier alpha value is -5.51. The molecule has 2 heterocycles. The molecule has 9 rings (SSSR count). The van der Waals surface area contributed by atoms with Crippen LogP contribution in [0.15, 0.2) is 158 Å². The van der Waals surface area contributed by atoms with Crippen LogP contribution < -0.4 is 4.90 Å². The van der Waals surface area contributed by atoms with E-state index in [0.717, 1.165) is 16.9 Å². The molecule has 7 aromatic carbocycles. The van der Waals surface area contributed by atoms with Gasteiger partial charge in [0.1, 0.15) is 0 Å². The molecule has 0 aliphatic rings. The number of pyridine rings is 1. The van der Waals surface area contributed by atoms with Crippen LogP contribution >= 0.6 is 11.3 Å². The smallest absolute Gasteiger partial charge is 0.0888 e. The predicted molar refractivity (Wildman–Crippen MR) is 190 cm³/mol. The van der Waals surface area contributed by atoms with Crippen LogP contribution in [0.2, 0.25) is 0 Å². The van der Waals surface area contributed by atoms with Crippen molar-refractivity contribution in [2.45, 2.75) is 0 Å². The van der Waals surface area contributed by atoms with Crippen molar-refractivity contribution in [2.24, 2.45) is 0 Å². The van der Waals surface area contributed by atoms with Crippen LogP contribution in [0.1, 0.15) is 0 Å². The average molecular weight is 579 g/mol. The molecule has 0 spiro atoms. The molecule has 0 saturated heterocycles. The number of anilines is 3. The Kier molecular flexibility index (Phi) is 5.71. The van der Waals surface area contributed by atoms with Crippen molar-refractivity contribution in [3.63, 3.8) is 0 Å². The summed E-state index contributed by atoms with van der Waals surface area (Å²) < 4.78 is 2.49. The first kappa shape index (κ1) is 25.0. The molecule has 2 nitrogen and oxygen atoms in total. The Balaban J connectivity index is 1.24. The Morgan fingerprint density at radius 3 is 2.00 bits per heavy atom. The summed E-state index contributed by atoms with van der Waals surface area (Å²) in [6, 6.07) is 54.9. The zero-order valence-electron chi connectivity index (χ0n) is 23.8. The number of nitrogens with zero attached hydrogens (tertiary/aromatic N) is 2. The third kappa shape index (κ3) is 3.98. The lowest BCUT2D eigenvalue weighted by atomic mass is 9.95. The van der Waals surface area contributed by atoms with Crippen molar-refractivity contribution in [2.75, 3.05) is 4.90 Å². The summed E-state index contributed by atoms with van der Waals surface area (Å²) in [5, 5.41) is 8.76. The van der Waals surface area contributed by atoms with Gasteiger partial charge in [0.05, 0.1) is 15.9 Å². The van der Waals surface area contributed by atoms with Gasteiger partial charge in [0, 0.05) is 33.0 Å². The fraction of sp³-hybridized carbons (Fsp3) is 0. The maximum absolute atomic E-state index is 4.68. The van der Waals surface area contributed by atoms with Crippen LogP contribution in [0.4, 0.5) is 17.1 Å². The summed E-state index contributed by atoms with van der Waals surface area (Å²) in [6.45, 7) is 0. The average Bonchev–Trinajstić information content (AvgIpc) is 3.47. The van der Waals surface area contributed by atoms with Crippen LogP contribution in [-0.4, -0.2) is 4.98 Å². The second-order valence-electron chi connectivity index (χ2n) is 11.2. The van der Waals surface area contributed by atoms with Crippen molar-refractivity contribution >= 4 is 81.0 Å². The number of rotatable bonds is 4. The molecular formula is C41H26N2S. The number of aromatic nitrogens is 1. The number of hydrogen-bond acceptors (Lipinski definition) is 3. The highest BCUT2D eigenvalue weighted by molar-refractivity contribution is 7.25. The minimum atomic E-state index is 1.08. The fourth-order valence-electron chi connectivity index (χ4n) is 6.61. The van der Waals surface area contributed by atoms with Crippen molar-refractivity contribution in [3.05, 3.63) is 158 Å². The minimum Gasteiger partial charge on any atom is -0.310 e. The van der Waals surface area contributed by atoms with Crippen LogP contribution in [0.25, 0.3) is 63.7 Å². The van der Waals surface area contributed by atoms with Gasteiger partial charge in [0.2, 0.25) is 0 Å². The van der Waals surface area contributed by atoms with Crippen LogP contribution in [-0.2, 0) is 0 Å². The molecule has 0 N–H and O–H groups in total. The molecule has 0 amide bonds. The second-order valence-corrected chi connectivity index (χ2v) is 12.3. The largest absolute Gasteiger partial charge is 0.310 e. The van der Waals surface area contributed by atoms with Gasteiger partial charge in [-0.1, -0.05) is 97.1 Å². The van der Waals surface area contributed by atoms with Gasteiger partial charge >= 0.3 is 0 Å². The van der Waals surface area contributed by atoms with Crippen LogP contribution in [0.3, 0.4) is 0 Å². The van der Waals surface area contributed by atoms with Crippen molar-refractivity contribution in [1.82, 2.24) is 4.98 Å². The molecule has 0 aliphatic carbocycles. The molecule has 206 valence electrons. The van der Waals surface area contributed by atoms with Crippen molar-refractivity contribution in [3.8, 4) is 11.1 Å². The highest BCUT2D eigenvalue weighted by Gasteiger charge is 2.18. The lowest BCUT2D eigenvalue weighted by Gasteiger charge is -2.28. The lowest BCUT2D eigenvalue weighted by molar-refractivity contribution is 1.30.